The van der Waals surface area contributed by atoms with Gasteiger partial charge in [0.25, 0.3) is 0 Å². The van der Waals surface area contributed by atoms with Crippen LogP contribution in [0.4, 0.5) is 26.4 Å². The van der Waals surface area contributed by atoms with Crippen LogP contribution in [0.1, 0.15) is 51.0 Å². The van der Waals surface area contributed by atoms with Crippen molar-refractivity contribution in [2.24, 2.45) is 11.7 Å². The van der Waals surface area contributed by atoms with E-state index in [2.05, 4.69) is 25.6 Å². The number of imidazole rings is 1. The van der Waals surface area contributed by atoms with Gasteiger partial charge in [0.15, 0.2) is 11.5 Å². The van der Waals surface area contributed by atoms with Crippen LogP contribution in [0.2, 0.25) is 5.02 Å². The normalized spacial score (nSPS) is 24.6. The van der Waals surface area contributed by atoms with E-state index in [1.54, 1.807) is 4.57 Å². The van der Waals surface area contributed by atoms with Gasteiger partial charge in [-0.05, 0) is 57.1 Å². The van der Waals surface area contributed by atoms with Crippen molar-refractivity contribution in [3.05, 3.63) is 35.0 Å². The fourth-order valence-electron chi connectivity index (χ4n) is 5.04. The first-order chi connectivity index (χ1) is 16.8. The van der Waals surface area contributed by atoms with Crippen molar-refractivity contribution in [3.63, 3.8) is 0 Å². The Bertz CT molecular complexity index is 1260. The number of hydrogen-bond acceptors (Lipinski definition) is 7. The zero-order chi connectivity index (χ0) is 24.7. The number of halogens is 3. The van der Waals surface area contributed by atoms with Crippen LogP contribution < -0.4 is 16.4 Å². The molecule has 12 heteroatoms. The molecule has 0 radical (unpaired) electrons. The third kappa shape index (κ3) is 4.62. The van der Waals surface area contributed by atoms with Crippen LogP contribution >= 0.6 is 11.6 Å². The summed E-state index contributed by atoms with van der Waals surface area (Å²) in [7, 11) is 0. The molecule has 186 valence electrons. The van der Waals surface area contributed by atoms with Gasteiger partial charge in [-0.1, -0.05) is 11.6 Å². The molecule has 2 atom stereocenters. The molecule has 9 nitrogen and oxygen atoms in total. The first-order valence-corrected chi connectivity index (χ1v) is 12.1. The fourth-order valence-corrected chi connectivity index (χ4v) is 5.20. The van der Waals surface area contributed by atoms with Crippen LogP contribution in [-0.2, 0) is 4.79 Å². The van der Waals surface area contributed by atoms with Crippen LogP contribution in [0, 0.1) is 17.6 Å². The lowest BCUT2D eigenvalue weighted by Crippen LogP contribution is -2.29. The first-order valence-electron chi connectivity index (χ1n) is 11.7. The van der Waals surface area contributed by atoms with E-state index < -0.39 is 23.4 Å². The number of carbonyl (C=O) groups is 1. The Balaban J connectivity index is 1.54. The molecule has 1 amide bonds. The third-order valence-electron chi connectivity index (χ3n) is 6.97. The topological polar surface area (TPSA) is 131 Å². The Morgan fingerprint density at radius 1 is 1.14 bits per heavy atom. The number of rotatable bonds is 6. The van der Waals surface area contributed by atoms with Crippen molar-refractivity contribution in [1.82, 2.24) is 19.5 Å². The van der Waals surface area contributed by atoms with Crippen molar-refractivity contribution in [2.45, 2.75) is 63.1 Å². The number of nitrogens with two attached hydrogens (primary N) is 1. The lowest BCUT2D eigenvalue weighted by molar-refractivity contribution is -0.122. The number of carbonyl (C=O) groups excluding carboxylic acids is 1. The molecule has 0 unspecified atom stereocenters. The smallest absolute Gasteiger partial charge is 0.225 e. The van der Waals surface area contributed by atoms with Gasteiger partial charge in [-0.15, -0.1) is 0 Å². The predicted octanol–water partition coefficient (Wildman–Crippen LogP) is 4.04. The Kier molecular flexibility index (Phi) is 6.45. The summed E-state index contributed by atoms with van der Waals surface area (Å²) in [6.45, 7) is 0. The van der Waals surface area contributed by atoms with Gasteiger partial charge in [0, 0.05) is 12.0 Å². The highest BCUT2D eigenvalue weighted by molar-refractivity contribution is 6.31. The maximum absolute atomic E-state index is 14.7. The Hall–Kier alpha value is -3.05. The molecular weight excluding hydrogens is 480 g/mol. The number of fused-ring (bicyclic) bond motifs is 1. The molecule has 0 bridgehead atoms. The number of amides is 1. The maximum Gasteiger partial charge on any atom is 0.225 e. The van der Waals surface area contributed by atoms with E-state index in [1.165, 1.54) is 6.20 Å². The minimum atomic E-state index is -0.925. The van der Waals surface area contributed by atoms with Crippen molar-refractivity contribution < 1.29 is 18.7 Å². The molecule has 2 saturated carbocycles. The lowest BCUT2D eigenvalue weighted by Gasteiger charge is -2.29. The van der Waals surface area contributed by atoms with Crippen molar-refractivity contribution in [2.75, 3.05) is 10.6 Å². The molecule has 35 heavy (non-hydrogen) atoms. The number of primary amides is 1. The van der Waals surface area contributed by atoms with Crippen molar-refractivity contribution in [3.8, 4) is 0 Å². The zero-order valence-corrected chi connectivity index (χ0v) is 19.6. The minimum Gasteiger partial charge on any atom is -0.391 e. The molecule has 2 aliphatic rings. The van der Waals surface area contributed by atoms with Crippen LogP contribution in [0.5, 0.6) is 0 Å². The largest absolute Gasteiger partial charge is 0.391 e. The van der Waals surface area contributed by atoms with Gasteiger partial charge in [0.1, 0.15) is 17.0 Å². The highest BCUT2D eigenvalue weighted by Crippen LogP contribution is 2.38. The third-order valence-corrected chi connectivity index (χ3v) is 7.26. The van der Waals surface area contributed by atoms with E-state index in [-0.39, 0.29) is 34.9 Å². The molecule has 5 N–H and O–H groups in total. The average Bonchev–Trinajstić information content (AvgIpc) is 3.41. The van der Waals surface area contributed by atoms with E-state index in [9.17, 15) is 18.7 Å². The Morgan fingerprint density at radius 3 is 2.60 bits per heavy atom. The number of anilines is 3. The summed E-state index contributed by atoms with van der Waals surface area (Å²) in [4.78, 5) is 25.2. The number of aromatic nitrogens is 4. The minimum absolute atomic E-state index is 0.136. The van der Waals surface area contributed by atoms with Crippen LogP contribution in [0.3, 0.4) is 0 Å². The second-order valence-corrected chi connectivity index (χ2v) is 9.62. The van der Waals surface area contributed by atoms with E-state index >= 15 is 0 Å². The van der Waals surface area contributed by atoms with Crippen molar-refractivity contribution in [1.29, 1.82) is 0 Å². The van der Waals surface area contributed by atoms with Crippen LogP contribution in [0.15, 0.2) is 18.3 Å². The standard InChI is InChI=1S/C23H26ClF2N7O2/c24-13-8-9-14(25)19(18(13)26)31-23-30-16-10-28-22(29-15-2-1-3-17(15)34)32-21(16)33(23)12-6-4-11(5-7-12)20(27)35/h8-12,15,17,34H,1-7H2,(H2,27,35)(H,30,31)(H,28,29,32)/t11?,12?,15-,17-/m0/s1. The summed E-state index contributed by atoms with van der Waals surface area (Å²) >= 11 is 5.87. The van der Waals surface area contributed by atoms with Crippen LogP contribution in [-0.4, -0.2) is 42.7 Å². The monoisotopic (exact) mass is 505 g/mol. The van der Waals surface area contributed by atoms with Gasteiger partial charge >= 0.3 is 0 Å². The van der Waals surface area contributed by atoms with Crippen molar-refractivity contribution >= 4 is 46.3 Å². The maximum atomic E-state index is 14.7. The summed E-state index contributed by atoms with van der Waals surface area (Å²) in [6, 6.07) is 1.94. The number of benzene rings is 1. The van der Waals surface area contributed by atoms with E-state index in [0.29, 0.717) is 49.2 Å². The summed E-state index contributed by atoms with van der Waals surface area (Å²) in [5.41, 5.74) is 5.99. The first kappa shape index (κ1) is 23.7. The quantitative estimate of drug-likeness (QED) is 0.372. The van der Waals surface area contributed by atoms with E-state index in [1.807, 2.05) is 0 Å². The molecule has 2 heterocycles. The summed E-state index contributed by atoms with van der Waals surface area (Å²) in [5, 5.41) is 15.9. The molecule has 0 saturated heterocycles. The molecular formula is C23H26ClF2N7O2. The number of aliphatic hydroxyl groups is 1. The lowest BCUT2D eigenvalue weighted by atomic mass is 9.85. The molecule has 0 aliphatic heterocycles. The Labute approximate surface area is 205 Å². The number of nitrogens with one attached hydrogen (secondary N) is 2. The molecule has 2 aliphatic carbocycles. The summed E-state index contributed by atoms with van der Waals surface area (Å²) in [5.74, 6) is -1.75. The fraction of sp³-hybridized carbons (Fsp3) is 0.478. The molecule has 1 aromatic carbocycles. The molecule has 2 fully saturated rings. The second kappa shape index (κ2) is 9.54. The second-order valence-electron chi connectivity index (χ2n) is 9.21. The molecule has 2 aromatic heterocycles. The molecule has 0 spiro atoms. The number of nitrogens with zero attached hydrogens (tertiary/aromatic N) is 4. The summed E-state index contributed by atoms with van der Waals surface area (Å²) in [6.07, 6.45) is 5.89. The zero-order valence-electron chi connectivity index (χ0n) is 18.8. The predicted molar refractivity (Wildman–Crippen MR) is 127 cm³/mol. The number of hydrogen-bond donors (Lipinski definition) is 4. The van der Waals surface area contributed by atoms with Gasteiger partial charge in [-0.2, -0.15) is 4.98 Å². The highest BCUT2D eigenvalue weighted by Gasteiger charge is 2.30. The van der Waals surface area contributed by atoms with E-state index in [4.69, 9.17) is 17.3 Å². The Morgan fingerprint density at radius 2 is 1.91 bits per heavy atom. The summed E-state index contributed by atoms with van der Waals surface area (Å²) < 4.78 is 31.0. The van der Waals surface area contributed by atoms with Gasteiger partial charge in [0.05, 0.1) is 23.4 Å². The molecule has 5 rings (SSSR count). The van der Waals surface area contributed by atoms with Gasteiger partial charge in [-0.3, -0.25) is 9.36 Å². The highest BCUT2D eigenvalue weighted by atomic mass is 35.5. The van der Waals surface area contributed by atoms with Gasteiger partial charge in [0.2, 0.25) is 17.8 Å². The van der Waals surface area contributed by atoms with Crippen LogP contribution in [0.25, 0.3) is 11.2 Å². The number of aliphatic hydroxyl groups excluding tert-OH is 1. The van der Waals surface area contributed by atoms with Gasteiger partial charge in [-0.25, -0.2) is 18.7 Å². The molecule has 3 aromatic rings. The average molecular weight is 506 g/mol. The SMILES string of the molecule is NC(=O)C1CCC(n2c(Nc3c(F)ccc(Cl)c3F)nc3cnc(N[C@H]4CCC[C@@H]4O)nc32)CC1. The van der Waals surface area contributed by atoms with Gasteiger partial charge < -0.3 is 21.5 Å². The van der Waals surface area contributed by atoms with E-state index in [0.717, 1.165) is 25.0 Å².